The molecular weight excluding hydrogens is 418 g/mol. The molecule has 0 bridgehead atoms. The summed E-state index contributed by atoms with van der Waals surface area (Å²) in [6.07, 6.45) is 3.86. The minimum Gasteiger partial charge on any atom is -0.337 e. The highest BCUT2D eigenvalue weighted by atomic mass is 32.2. The average Bonchev–Trinajstić information content (AvgIpc) is 3.39. The minimum absolute atomic E-state index is 0.0619. The van der Waals surface area contributed by atoms with Crippen LogP contribution in [0.25, 0.3) is 11.4 Å². The molecule has 0 saturated heterocycles. The smallest absolute Gasteiger partial charge is 0.245 e. The Bertz CT molecular complexity index is 1210. The van der Waals surface area contributed by atoms with Crippen LogP contribution in [0, 0.1) is 5.92 Å². The lowest BCUT2D eigenvalue weighted by Gasteiger charge is -2.19. The van der Waals surface area contributed by atoms with Crippen molar-refractivity contribution in [3.63, 3.8) is 0 Å². The quantitative estimate of drug-likeness (QED) is 0.625. The molecule has 1 atom stereocenters. The summed E-state index contributed by atoms with van der Waals surface area (Å²) in [6.45, 7) is 5.79. The van der Waals surface area contributed by atoms with Gasteiger partial charge >= 0.3 is 0 Å². The molecule has 0 spiro atoms. The van der Waals surface area contributed by atoms with Crippen molar-refractivity contribution in [2.45, 2.75) is 38.1 Å². The van der Waals surface area contributed by atoms with Crippen molar-refractivity contribution in [2.24, 2.45) is 5.92 Å². The van der Waals surface area contributed by atoms with Gasteiger partial charge in [0.1, 0.15) is 6.04 Å². The summed E-state index contributed by atoms with van der Waals surface area (Å²) in [4.78, 5) is 21.9. The van der Waals surface area contributed by atoms with Crippen LogP contribution in [0.15, 0.2) is 52.1 Å². The van der Waals surface area contributed by atoms with Crippen LogP contribution in [-0.2, 0) is 21.2 Å². The number of amides is 1. The summed E-state index contributed by atoms with van der Waals surface area (Å²) in [7, 11) is -3.86. The first-order chi connectivity index (χ1) is 14.8. The van der Waals surface area contributed by atoms with Crippen molar-refractivity contribution in [3.05, 3.63) is 54.2 Å². The van der Waals surface area contributed by atoms with Crippen molar-refractivity contribution < 1.29 is 17.7 Å². The second-order valence-corrected chi connectivity index (χ2v) is 9.47. The summed E-state index contributed by atoms with van der Waals surface area (Å²) >= 11 is 0. The van der Waals surface area contributed by atoms with E-state index in [2.05, 4.69) is 19.8 Å². The zero-order chi connectivity index (χ0) is 22.2. The molecule has 3 heterocycles. The number of benzene rings is 1. The number of aromatic nitrogens is 3. The highest BCUT2D eigenvalue weighted by Gasteiger charge is 2.30. The predicted octanol–water partition coefficient (Wildman–Crippen LogP) is 2.72. The highest BCUT2D eigenvalue weighted by molar-refractivity contribution is 7.89. The van der Waals surface area contributed by atoms with Gasteiger partial charge in [-0.3, -0.25) is 9.78 Å². The van der Waals surface area contributed by atoms with Crippen LogP contribution >= 0.6 is 0 Å². The standard InChI is InChI=1S/C21H23N5O4S/c1-13(2)19(21-23-20(24-30-21)16-5-4-9-22-12-16)25-31(28,29)17-6-7-18-15(11-17)8-10-26(18)14(3)27/h4-7,9,11-13,19,25H,8,10H2,1-3H3. The molecule has 1 unspecified atom stereocenters. The van der Waals surface area contributed by atoms with Gasteiger partial charge < -0.3 is 9.42 Å². The third kappa shape index (κ3) is 4.21. The van der Waals surface area contributed by atoms with Gasteiger partial charge in [-0.05, 0) is 48.2 Å². The molecule has 31 heavy (non-hydrogen) atoms. The maximum Gasteiger partial charge on any atom is 0.245 e. The lowest BCUT2D eigenvalue weighted by molar-refractivity contribution is -0.116. The van der Waals surface area contributed by atoms with E-state index in [1.165, 1.54) is 13.0 Å². The predicted molar refractivity (Wildman–Crippen MR) is 114 cm³/mol. The van der Waals surface area contributed by atoms with Gasteiger partial charge in [0.2, 0.25) is 27.6 Å². The van der Waals surface area contributed by atoms with Crippen LogP contribution in [0.4, 0.5) is 5.69 Å². The Morgan fingerprint density at radius 2 is 2.06 bits per heavy atom. The fraction of sp³-hybridized carbons (Fsp3) is 0.333. The van der Waals surface area contributed by atoms with E-state index in [4.69, 9.17) is 4.52 Å². The molecule has 2 aromatic heterocycles. The van der Waals surface area contributed by atoms with Gasteiger partial charge in [-0.1, -0.05) is 19.0 Å². The lowest BCUT2D eigenvalue weighted by atomic mass is 10.1. The molecule has 162 valence electrons. The third-order valence-electron chi connectivity index (χ3n) is 5.21. The van der Waals surface area contributed by atoms with Crippen LogP contribution in [0.2, 0.25) is 0 Å². The number of carbonyl (C=O) groups is 1. The van der Waals surface area contributed by atoms with Crippen molar-refractivity contribution in [2.75, 3.05) is 11.4 Å². The van der Waals surface area contributed by atoms with Gasteiger partial charge in [-0.2, -0.15) is 9.71 Å². The van der Waals surface area contributed by atoms with Crippen LogP contribution < -0.4 is 9.62 Å². The summed E-state index contributed by atoms with van der Waals surface area (Å²) in [5.41, 5.74) is 2.26. The topological polar surface area (TPSA) is 118 Å². The van der Waals surface area contributed by atoms with Crippen LogP contribution in [0.5, 0.6) is 0 Å². The van der Waals surface area contributed by atoms with Gasteiger partial charge in [0, 0.05) is 37.1 Å². The number of anilines is 1. The second-order valence-electron chi connectivity index (χ2n) is 7.75. The number of hydrogen-bond donors (Lipinski definition) is 1. The van der Waals surface area contributed by atoms with Crippen LogP contribution in [0.1, 0.15) is 38.3 Å². The largest absolute Gasteiger partial charge is 0.337 e. The van der Waals surface area contributed by atoms with Crippen molar-refractivity contribution in [3.8, 4) is 11.4 Å². The van der Waals surface area contributed by atoms with Crippen LogP contribution in [-0.4, -0.2) is 36.0 Å². The molecular formula is C21H23N5O4S. The molecule has 1 amide bonds. The minimum atomic E-state index is -3.86. The Morgan fingerprint density at radius 1 is 1.26 bits per heavy atom. The lowest BCUT2D eigenvalue weighted by Crippen LogP contribution is -2.32. The average molecular weight is 442 g/mol. The fourth-order valence-corrected chi connectivity index (χ4v) is 4.94. The van der Waals surface area contributed by atoms with E-state index in [1.807, 2.05) is 13.8 Å². The Balaban J connectivity index is 1.60. The molecule has 0 aliphatic carbocycles. The first-order valence-electron chi connectivity index (χ1n) is 9.93. The molecule has 3 aromatic rings. The molecule has 1 aliphatic heterocycles. The molecule has 0 fully saturated rings. The molecule has 1 aromatic carbocycles. The van der Waals surface area contributed by atoms with E-state index in [1.54, 1.807) is 41.6 Å². The van der Waals surface area contributed by atoms with E-state index in [0.29, 0.717) is 24.4 Å². The number of nitrogens with one attached hydrogen (secondary N) is 1. The van der Waals surface area contributed by atoms with Gasteiger partial charge in [0.15, 0.2) is 0 Å². The van der Waals surface area contributed by atoms with Gasteiger partial charge in [0.05, 0.1) is 4.90 Å². The van der Waals surface area contributed by atoms with Gasteiger partial charge in [0.25, 0.3) is 0 Å². The molecule has 4 rings (SSSR count). The van der Waals surface area contributed by atoms with Crippen molar-refractivity contribution in [1.29, 1.82) is 0 Å². The maximum atomic E-state index is 13.1. The van der Waals surface area contributed by atoms with E-state index in [-0.39, 0.29) is 22.6 Å². The highest BCUT2D eigenvalue weighted by Crippen LogP contribution is 2.31. The summed E-state index contributed by atoms with van der Waals surface area (Å²) in [6, 6.07) is 7.65. The molecule has 1 N–H and O–H groups in total. The second kappa shape index (κ2) is 8.20. The molecule has 10 heteroatoms. The third-order valence-corrected chi connectivity index (χ3v) is 6.65. The SMILES string of the molecule is CC(=O)N1CCc2cc(S(=O)(=O)NC(c3nc(-c4cccnc4)no3)C(C)C)ccc21. The molecule has 0 radical (unpaired) electrons. The van der Waals surface area contributed by atoms with E-state index >= 15 is 0 Å². The number of fused-ring (bicyclic) bond motifs is 1. The van der Waals surface area contributed by atoms with E-state index in [0.717, 1.165) is 11.3 Å². The Labute approximate surface area is 180 Å². The van der Waals surface area contributed by atoms with Crippen molar-refractivity contribution >= 4 is 21.6 Å². The van der Waals surface area contributed by atoms with Gasteiger partial charge in [-0.25, -0.2) is 8.42 Å². The zero-order valence-corrected chi connectivity index (χ0v) is 18.3. The fourth-order valence-electron chi connectivity index (χ4n) is 3.55. The summed E-state index contributed by atoms with van der Waals surface area (Å²) in [5, 5.41) is 3.97. The molecule has 1 aliphatic rings. The first kappa shape index (κ1) is 21.1. The Morgan fingerprint density at radius 3 is 2.74 bits per heavy atom. The Hall–Kier alpha value is -3.11. The number of carbonyl (C=O) groups excluding carboxylic acids is 1. The van der Waals surface area contributed by atoms with Gasteiger partial charge in [-0.15, -0.1) is 0 Å². The number of sulfonamides is 1. The molecule has 9 nitrogen and oxygen atoms in total. The van der Waals surface area contributed by atoms with Crippen LogP contribution in [0.3, 0.4) is 0 Å². The first-order valence-corrected chi connectivity index (χ1v) is 11.4. The zero-order valence-electron chi connectivity index (χ0n) is 17.4. The van der Waals surface area contributed by atoms with E-state index < -0.39 is 16.1 Å². The summed E-state index contributed by atoms with van der Waals surface area (Å²) < 4.78 is 34.3. The number of rotatable bonds is 6. The molecule has 0 saturated carbocycles. The number of hydrogen-bond acceptors (Lipinski definition) is 7. The summed E-state index contributed by atoms with van der Waals surface area (Å²) in [5.74, 6) is 0.323. The number of nitrogens with zero attached hydrogens (tertiary/aromatic N) is 4. The van der Waals surface area contributed by atoms with Crippen molar-refractivity contribution in [1.82, 2.24) is 19.8 Å². The van der Waals surface area contributed by atoms with E-state index in [9.17, 15) is 13.2 Å². The normalized spacial score (nSPS) is 14.6. The Kier molecular flexibility index (Phi) is 5.59. The maximum absolute atomic E-state index is 13.1. The number of pyridine rings is 1. The monoisotopic (exact) mass is 441 g/mol.